The summed E-state index contributed by atoms with van der Waals surface area (Å²) in [6, 6.07) is 13.3. The van der Waals surface area contributed by atoms with Gasteiger partial charge in [-0.05, 0) is 55.2 Å². The number of carboxylic acid groups (broad SMARTS) is 1. The van der Waals surface area contributed by atoms with Crippen LogP contribution in [-0.2, 0) is 16.0 Å². The molecule has 1 aliphatic rings. The Bertz CT molecular complexity index is 875. The van der Waals surface area contributed by atoms with E-state index in [-0.39, 0.29) is 18.1 Å². The van der Waals surface area contributed by atoms with Crippen molar-refractivity contribution in [2.45, 2.75) is 32.2 Å². The number of Topliss-reactive ketones (excluding diaryl/α,β-unsaturated/α-hetero) is 1. The van der Waals surface area contributed by atoms with Gasteiger partial charge in [0.25, 0.3) is 0 Å². The summed E-state index contributed by atoms with van der Waals surface area (Å²) < 4.78 is 5.61. The lowest BCUT2D eigenvalue weighted by molar-refractivity contribution is -0.151. The average molecular weight is 381 g/mol. The molecule has 0 radical (unpaired) electrons. The van der Waals surface area contributed by atoms with E-state index in [2.05, 4.69) is 0 Å². The van der Waals surface area contributed by atoms with Crippen molar-refractivity contribution >= 4 is 17.7 Å². The molecule has 0 aromatic heterocycles. The number of ketones is 1. The van der Waals surface area contributed by atoms with Gasteiger partial charge in [0.05, 0.1) is 6.61 Å². The Kier molecular flexibility index (Phi) is 6.09. The quantitative estimate of drug-likeness (QED) is 0.588. The van der Waals surface area contributed by atoms with Crippen LogP contribution < -0.4 is 4.74 Å². The summed E-state index contributed by atoms with van der Waals surface area (Å²) in [7, 11) is 0. The number of ether oxygens (including phenoxy) is 1. The average Bonchev–Trinajstić information content (AvgIpc) is 2.70. The molecule has 1 unspecified atom stereocenters. The van der Waals surface area contributed by atoms with E-state index < -0.39 is 12.0 Å². The highest BCUT2D eigenvalue weighted by Crippen LogP contribution is 2.30. The Morgan fingerprint density at radius 2 is 1.82 bits per heavy atom. The minimum atomic E-state index is -1.01. The van der Waals surface area contributed by atoms with E-state index in [0.717, 1.165) is 5.56 Å². The van der Waals surface area contributed by atoms with Crippen molar-refractivity contribution in [2.24, 2.45) is 0 Å². The maximum atomic E-state index is 12.6. The lowest BCUT2D eigenvalue weighted by Crippen LogP contribution is -2.43. The zero-order valence-corrected chi connectivity index (χ0v) is 15.8. The highest BCUT2D eigenvalue weighted by molar-refractivity contribution is 5.94. The molecule has 1 N–H and O–H groups in total. The van der Waals surface area contributed by atoms with Gasteiger partial charge in [-0.3, -0.25) is 9.59 Å². The van der Waals surface area contributed by atoms with Crippen molar-refractivity contribution in [2.75, 3.05) is 13.2 Å². The first-order chi connectivity index (χ1) is 13.5. The summed E-state index contributed by atoms with van der Waals surface area (Å²) in [5.41, 5.74) is 2.29. The highest BCUT2D eigenvalue weighted by atomic mass is 16.5. The van der Waals surface area contributed by atoms with Gasteiger partial charge in [-0.25, -0.2) is 4.79 Å². The third-order valence-electron chi connectivity index (χ3n) is 4.90. The van der Waals surface area contributed by atoms with Crippen LogP contribution in [0.15, 0.2) is 48.5 Å². The van der Waals surface area contributed by atoms with E-state index in [1.807, 2.05) is 12.1 Å². The summed E-state index contributed by atoms with van der Waals surface area (Å²) >= 11 is 0. The molecule has 3 rings (SSSR count). The topological polar surface area (TPSA) is 83.9 Å². The Labute approximate surface area is 163 Å². The van der Waals surface area contributed by atoms with Gasteiger partial charge < -0.3 is 14.7 Å². The number of benzene rings is 2. The molecular weight excluding hydrogens is 358 g/mol. The molecule has 0 aliphatic carbocycles. The molecule has 1 amide bonds. The van der Waals surface area contributed by atoms with Crippen LogP contribution in [-0.4, -0.2) is 40.8 Å². The first kappa shape index (κ1) is 19.6. The summed E-state index contributed by atoms with van der Waals surface area (Å²) in [6.07, 6.45) is 1.36. The number of aliphatic carboxylic acids is 1. The molecule has 1 atom stereocenters. The molecule has 2 aromatic carbocycles. The molecule has 6 heteroatoms. The van der Waals surface area contributed by atoms with Gasteiger partial charge in [-0.15, -0.1) is 0 Å². The van der Waals surface area contributed by atoms with Crippen molar-refractivity contribution in [1.82, 2.24) is 4.90 Å². The maximum absolute atomic E-state index is 12.6. The summed E-state index contributed by atoms with van der Waals surface area (Å²) in [6.45, 7) is 2.25. The van der Waals surface area contributed by atoms with E-state index >= 15 is 0 Å². The van der Waals surface area contributed by atoms with Crippen molar-refractivity contribution in [3.8, 4) is 5.75 Å². The van der Waals surface area contributed by atoms with Crippen LogP contribution >= 0.6 is 0 Å². The largest absolute Gasteiger partial charge is 0.494 e. The second-order valence-corrected chi connectivity index (χ2v) is 6.81. The van der Waals surface area contributed by atoms with Crippen molar-refractivity contribution in [1.29, 1.82) is 0 Å². The molecule has 28 heavy (non-hydrogen) atoms. The van der Waals surface area contributed by atoms with Crippen molar-refractivity contribution < 1.29 is 24.2 Å². The van der Waals surface area contributed by atoms with Gasteiger partial charge in [0.1, 0.15) is 5.75 Å². The Morgan fingerprint density at radius 3 is 2.50 bits per heavy atom. The van der Waals surface area contributed by atoms with Crippen LogP contribution in [0.5, 0.6) is 5.75 Å². The maximum Gasteiger partial charge on any atom is 0.331 e. The van der Waals surface area contributed by atoms with Crippen molar-refractivity contribution in [3.63, 3.8) is 0 Å². The van der Waals surface area contributed by atoms with Gasteiger partial charge in [0, 0.05) is 18.5 Å². The van der Waals surface area contributed by atoms with E-state index in [1.165, 1.54) is 11.8 Å². The monoisotopic (exact) mass is 381 g/mol. The lowest BCUT2D eigenvalue weighted by atomic mass is 9.92. The van der Waals surface area contributed by atoms with Crippen molar-refractivity contribution in [3.05, 3.63) is 65.2 Å². The zero-order chi connectivity index (χ0) is 20.1. The third-order valence-corrected chi connectivity index (χ3v) is 4.90. The van der Waals surface area contributed by atoms with E-state index in [1.54, 1.807) is 36.4 Å². The minimum absolute atomic E-state index is 0.00626. The molecule has 0 bridgehead atoms. The number of carbonyl (C=O) groups is 3. The number of carboxylic acids is 1. The molecule has 1 aliphatic heterocycles. The number of carbonyl (C=O) groups excluding carboxylic acids is 2. The molecule has 0 spiro atoms. The second-order valence-electron chi connectivity index (χ2n) is 6.81. The van der Waals surface area contributed by atoms with Crippen LogP contribution in [0, 0.1) is 0 Å². The fourth-order valence-electron chi connectivity index (χ4n) is 3.44. The molecule has 0 fully saturated rings. The smallest absolute Gasteiger partial charge is 0.331 e. The standard InChI is InChI=1S/C22H23NO5/c1-15(24)16-8-10-18(11-9-16)28-14-4-7-20(25)23-13-12-17-5-2-3-6-19(17)21(23)22(26)27/h2-3,5-6,8-11,21H,4,7,12-14H2,1H3,(H,26,27). The Morgan fingerprint density at radius 1 is 1.11 bits per heavy atom. The number of hydrogen-bond acceptors (Lipinski definition) is 4. The summed E-state index contributed by atoms with van der Waals surface area (Å²) in [5.74, 6) is -0.569. The van der Waals surface area contributed by atoms with Crippen LogP contribution in [0.25, 0.3) is 0 Å². The molecule has 0 saturated carbocycles. The molecule has 1 heterocycles. The van der Waals surface area contributed by atoms with Crippen LogP contribution in [0.4, 0.5) is 0 Å². The van der Waals surface area contributed by atoms with Gasteiger partial charge in [-0.1, -0.05) is 24.3 Å². The van der Waals surface area contributed by atoms with Gasteiger partial charge in [0.2, 0.25) is 5.91 Å². The minimum Gasteiger partial charge on any atom is -0.494 e. The molecular formula is C22H23NO5. The van der Waals surface area contributed by atoms with Crippen LogP contribution in [0.3, 0.4) is 0 Å². The molecule has 0 saturated heterocycles. The normalized spacial score (nSPS) is 15.6. The van der Waals surface area contributed by atoms with Gasteiger partial charge in [0.15, 0.2) is 11.8 Å². The first-order valence-corrected chi connectivity index (χ1v) is 9.31. The lowest BCUT2D eigenvalue weighted by Gasteiger charge is -2.34. The highest BCUT2D eigenvalue weighted by Gasteiger charge is 2.35. The van der Waals surface area contributed by atoms with Gasteiger partial charge in [-0.2, -0.15) is 0 Å². The van der Waals surface area contributed by atoms with Gasteiger partial charge >= 0.3 is 5.97 Å². The number of nitrogens with zero attached hydrogens (tertiary/aromatic N) is 1. The summed E-state index contributed by atoms with van der Waals surface area (Å²) in [4.78, 5) is 37.1. The van der Waals surface area contributed by atoms with E-state index in [9.17, 15) is 19.5 Å². The SMILES string of the molecule is CC(=O)c1ccc(OCCCC(=O)N2CCc3ccccc3C2C(=O)O)cc1. The van der Waals surface area contributed by atoms with E-state index in [0.29, 0.717) is 42.9 Å². The number of fused-ring (bicyclic) bond motifs is 1. The molecule has 6 nitrogen and oxygen atoms in total. The predicted octanol–water partition coefficient (Wildman–Crippen LogP) is 3.26. The summed E-state index contributed by atoms with van der Waals surface area (Å²) in [5, 5.41) is 9.64. The third kappa shape index (κ3) is 4.39. The number of amides is 1. The fraction of sp³-hybridized carbons (Fsp3) is 0.318. The fourth-order valence-corrected chi connectivity index (χ4v) is 3.44. The van der Waals surface area contributed by atoms with Crippen LogP contribution in [0.1, 0.15) is 47.3 Å². The Hall–Kier alpha value is -3.15. The predicted molar refractivity (Wildman–Crippen MR) is 103 cm³/mol. The van der Waals surface area contributed by atoms with Crippen LogP contribution in [0.2, 0.25) is 0 Å². The number of rotatable bonds is 7. The Balaban J connectivity index is 1.54. The molecule has 2 aromatic rings. The van der Waals surface area contributed by atoms with E-state index in [4.69, 9.17) is 4.74 Å². The zero-order valence-electron chi connectivity index (χ0n) is 15.8. The number of hydrogen-bond donors (Lipinski definition) is 1. The second kappa shape index (κ2) is 8.69. The molecule has 146 valence electrons. The first-order valence-electron chi connectivity index (χ1n) is 9.31.